The fourth-order valence-electron chi connectivity index (χ4n) is 3.16. The van der Waals surface area contributed by atoms with E-state index in [0.29, 0.717) is 12.2 Å². The molecule has 6 nitrogen and oxygen atoms in total. The smallest absolute Gasteiger partial charge is 0.284 e. The molecule has 29 heavy (non-hydrogen) atoms. The van der Waals surface area contributed by atoms with Crippen molar-refractivity contribution in [2.45, 2.75) is 19.4 Å². The highest BCUT2D eigenvalue weighted by molar-refractivity contribution is 6.03. The minimum atomic E-state index is -0.296. The third kappa shape index (κ3) is 4.43. The average molecular weight is 387 g/mol. The van der Waals surface area contributed by atoms with E-state index in [4.69, 9.17) is 9.25 Å². The normalized spacial score (nSPS) is 16.2. The van der Waals surface area contributed by atoms with Crippen LogP contribution in [-0.4, -0.2) is 29.4 Å². The lowest BCUT2D eigenvalue weighted by atomic mass is 10.0. The molecule has 4 rings (SSSR count). The number of carbonyl (C=O) groups is 1. The highest BCUT2D eigenvalue weighted by atomic mass is 16.6. The highest BCUT2D eigenvalue weighted by Crippen LogP contribution is 2.33. The van der Waals surface area contributed by atoms with Crippen LogP contribution in [0.4, 0.5) is 0 Å². The lowest BCUT2D eigenvalue weighted by molar-refractivity contribution is -0.138. The van der Waals surface area contributed by atoms with Gasteiger partial charge in [0, 0.05) is 6.42 Å². The zero-order valence-corrected chi connectivity index (χ0v) is 16.1. The third-order valence-corrected chi connectivity index (χ3v) is 4.69. The van der Waals surface area contributed by atoms with E-state index in [1.54, 1.807) is 12.5 Å². The van der Waals surface area contributed by atoms with Gasteiger partial charge in [-0.25, -0.2) is 5.01 Å². The van der Waals surface area contributed by atoms with Crippen molar-refractivity contribution < 1.29 is 14.0 Å². The highest BCUT2D eigenvalue weighted by Gasteiger charge is 2.35. The Balaban J connectivity index is 1.47. The third-order valence-electron chi connectivity index (χ3n) is 4.69. The molecule has 1 aromatic heterocycles. The molecule has 2 heterocycles. The number of aryl methyl sites for hydroxylation is 1. The van der Waals surface area contributed by atoms with Gasteiger partial charge in [-0.1, -0.05) is 65.3 Å². The predicted molar refractivity (Wildman–Crippen MR) is 111 cm³/mol. The van der Waals surface area contributed by atoms with Crippen LogP contribution in [0.25, 0.3) is 0 Å². The molecule has 3 aromatic rings. The van der Waals surface area contributed by atoms with Crippen molar-refractivity contribution in [1.82, 2.24) is 5.01 Å². The van der Waals surface area contributed by atoms with Crippen LogP contribution in [0.1, 0.15) is 34.9 Å². The predicted octanol–water partition coefficient (Wildman–Crippen LogP) is 4.32. The molecule has 1 aliphatic heterocycles. The molecule has 0 unspecified atom stereocenters. The number of hydrogen-bond donors (Lipinski definition) is 0. The van der Waals surface area contributed by atoms with Gasteiger partial charge in [-0.3, -0.25) is 4.79 Å². The monoisotopic (exact) mass is 387 g/mol. The average Bonchev–Trinajstić information content (AvgIpc) is 3.42. The van der Waals surface area contributed by atoms with Gasteiger partial charge in [0.1, 0.15) is 11.8 Å². The largest absolute Gasteiger partial charge is 0.467 e. The van der Waals surface area contributed by atoms with Gasteiger partial charge in [-0.15, -0.1) is 0 Å². The SMILES string of the molecule is Cc1ccc(C2=NN(C(=O)CO/N=C\c3ccccc3)[C@H](c3ccco3)C2)cc1. The van der Waals surface area contributed by atoms with E-state index in [1.165, 1.54) is 10.6 Å². The van der Waals surface area contributed by atoms with Crippen LogP contribution < -0.4 is 0 Å². The van der Waals surface area contributed by atoms with E-state index in [2.05, 4.69) is 10.3 Å². The topological polar surface area (TPSA) is 67.4 Å². The molecule has 146 valence electrons. The van der Waals surface area contributed by atoms with Gasteiger partial charge in [-0.2, -0.15) is 5.10 Å². The van der Waals surface area contributed by atoms with Gasteiger partial charge in [0.25, 0.3) is 5.91 Å². The van der Waals surface area contributed by atoms with Crippen LogP contribution in [0.2, 0.25) is 0 Å². The summed E-state index contributed by atoms with van der Waals surface area (Å²) < 4.78 is 5.55. The Morgan fingerprint density at radius 1 is 1.17 bits per heavy atom. The Kier molecular flexibility index (Phi) is 5.52. The molecule has 6 heteroatoms. The van der Waals surface area contributed by atoms with Crippen molar-refractivity contribution in [3.63, 3.8) is 0 Å². The Hall–Kier alpha value is -3.67. The molecule has 0 bridgehead atoms. The van der Waals surface area contributed by atoms with Crippen molar-refractivity contribution in [3.05, 3.63) is 95.4 Å². The Labute approximate surface area is 169 Å². The number of oxime groups is 1. The van der Waals surface area contributed by atoms with Crippen LogP contribution >= 0.6 is 0 Å². The van der Waals surface area contributed by atoms with Crippen molar-refractivity contribution in [3.8, 4) is 0 Å². The number of carbonyl (C=O) groups excluding carboxylic acids is 1. The number of rotatable bonds is 6. The van der Waals surface area contributed by atoms with Crippen molar-refractivity contribution in [1.29, 1.82) is 0 Å². The Morgan fingerprint density at radius 2 is 1.97 bits per heavy atom. The first kappa shape index (κ1) is 18.7. The van der Waals surface area contributed by atoms with Gasteiger partial charge >= 0.3 is 0 Å². The first-order valence-electron chi connectivity index (χ1n) is 9.41. The summed E-state index contributed by atoms with van der Waals surface area (Å²) in [4.78, 5) is 18.0. The van der Waals surface area contributed by atoms with E-state index in [-0.39, 0.29) is 18.6 Å². The molecule has 0 fully saturated rings. The number of hydrogen-bond acceptors (Lipinski definition) is 5. The molecule has 2 aromatic carbocycles. The summed E-state index contributed by atoms with van der Waals surface area (Å²) in [7, 11) is 0. The van der Waals surface area contributed by atoms with Gasteiger partial charge in [0.2, 0.25) is 0 Å². The second-order valence-electron chi connectivity index (χ2n) is 6.80. The Bertz CT molecular complexity index is 1010. The summed E-state index contributed by atoms with van der Waals surface area (Å²) in [5.41, 5.74) is 3.90. The number of amides is 1. The minimum absolute atomic E-state index is 0.203. The van der Waals surface area contributed by atoms with E-state index in [1.807, 2.05) is 73.7 Å². The minimum Gasteiger partial charge on any atom is -0.467 e. The van der Waals surface area contributed by atoms with Crippen LogP contribution in [0, 0.1) is 6.92 Å². The van der Waals surface area contributed by atoms with E-state index < -0.39 is 0 Å². The van der Waals surface area contributed by atoms with Gasteiger partial charge in [0.05, 0.1) is 18.2 Å². The molecule has 0 aliphatic carbocycles. The molecule has 0 radical (unpaired) electrons. The molecular weight excluding hydrogens is 366 g/mol. The maximum atomic E-state index is 12.8. The van der Waals surface area contributed by atoms with Crippen molar-refractivity contribution in [2.75, 3.05) is 6.61 Å². The second-order valence-corrected chi connectivity index (χ2v) is 6.80. The zero-order chi connectivity index (χ0) is 20.1. The summed E-state index contributed by atoms with van der Waals surface area (Å²) >= 11 is 0. The van der Waals surface area contributed by atoms with Crippen LogP contribution in [-0.2, 0) is 9.63 Å². The number of benzene rings is 2. The molecule has 0 spiro atoms. The van der Waals surface area contributed by atoms with E-state index >= 15 is 0 Å². The van der Waals surface area contributed by atoms with E-state index in [9.17, 15) is 4.79 Å². The quantitative estimate of drug-likeness (QED) is 0.467. The first-order valence-corrected chi connectivity index (χ1v) is 9.41. The molecule has 0 saturated carbocycles. The van der Waals surface area contributed by atoms with Gasteiger partial charge in [-0.05, 0) is 30.2 Å². The molecule has 0 N–H and O–H groups in total. The lowest BCUT2D eigenvalue weighted by Crippen LogP contribution is -2.29. The number of furan rings is 1. The summed E-state index contributed by atoms with van der Waals surface area (Å²) in [5, 5.41) is 9.89. The summed E-state index contributed by atoms with van der Waals surface area (Å²) in [6, 6.07) is 21.0. The maximum Gasteiger partial charge on any atom is 0.284 e. The van der Waals surface area contributed by atoms with Gasteiger partial charge in [0.15, 0.2) is 6.61 Å². The molecule has 1 amide bonds. The van der Waals surface area contributed by atoms with Crippen LogP contribution in [0.3, 0.4) is 0 Å². The first-order chi connectivity index (χ1) is 14.2. The fourth-order valence-corrected chi connectivity index (χ4v) is 3.16. The molecule has 1 atom stereocenters. The van der Waals surface area contributed by atoms with Crippen LogP contribution in [0.5, 0.6) is 0 Å². The van der Waals surface area contributed by atoms with Gasteiger partial charge < -0.3 is 9.25 Å². The van der Waals surface area contributed by atoms with Crippen molar-refractivity contribution in [2.24, 2.45) is 10.3 Å². The van der Waals surface area contributed by atoms with Crippen LogP contribution in [0.15, 0.2) is 87.7 Å². The number of hydrazone groups is 1. The molecular formula is C23H21N3O3. The summed E-state index contributed by atoms with van der Waals surface area (Å²) in [6.07, 6.45) is 3.75. The second kappa shape index (κ2) is 8.56. The van der Waals surface area contributed by atoms with Crippen molar-refractivity contribution >= 4 is 17.8 Å². The summed E-state index contributed by atoms with van der Waals surface area (Å²) in [6.45, 7) is 1.83. The van der Waals surface area contributed by atoms with E-state index in [0.717, 1.165) is 16.8 Å². The zero-order valence-electron chi connectivity index (χ0n) is 16.1. The molecule has 1 aliphatic rings. The fraction of sp³-hybridized carbons (Fsp3) is 0.174. The summed E-state index contributed by atoms with van der Waals surface area (Å²) in [5.74, 6) is 0.413. The standard InChI is InChI=1S/C23H21N3O3/c1-17-9-11-19(12-10-17)20-14-21(22-8-5-13-28-22)26(25-20)23(27)16-29-24-15-18-6-3-2-4-7-18/h2-13,15,21H,14,16H2,1H3/b24-15-/t21-/m0/s1. The lowest BCUT2D eigenvalue weighted by Gasteiger charge is -2.19. The number of nitrogens with zero attached hydrogens (tertiary/aromatic N) is 3. The molecule has 0 saturated heterocycles. The Morgan fingerprint density at radius 3 is 2.69 bits per heavy atom. The maximum absolute atomic E-state index is 12.8.